The summed E-state index contributed by atoms with van der Waals surface area (Å²) in [6.07, 6.45) is 62.9. The van der Waals surface area contributed by atoms with E-state index >= 15 is 0 Å². The smallest absolute Gasteiger partial charge is 0.0737 e. The summed E-state index contributed by atoms with van der Waals surface area (Å²) in [5.74, 6) is 0. The Hall–Kier alpha value is -6.52. The zero-order valence-corrected chi connectivity index (χ0v) is 52.6. The van der Waals surface area contributed by atoms with Gasteiger partial charge in [-0.15, -0.1) is 0 Å². The fourth-order valence-corrected chi connectivity index (χ4v) is 15.5. The second-order valence-electron chi connectivity index (χ2n) is 26.1. The minimum atomic E-state index is -0.127. The van der Waals surface area contributed by atoms with Gasteiger partial charge >= 0.3 is 0 Å². The molecular formula is C81H98N4. The lowest BCUT2D eigenvalue weighted by atomic mass is 9.68. The average Bonchev–Trinajstić information content (AvgIpc) is 1.66. The van der Waals surface area contributed by atoms with Crippen LogP contribution in [0.1, 0.15) is 260 Å². The molecule has 5 aliphatic heterocycles. The molecule has 0 saturated carbocycles. The van der Waals surface area contributed by atoms with Gasteiger partial charge in [0.1, 0.15) is 0 Å². The van der Waals surface area contributed by atoms with Crippen LogP contribution in [0.5, 0.6) is 0 Å². The van der Waals surface area contributed by atoms with Crippen molar-refractivity contribution in [1.29, 1.82) is 0 Å². The first-order valence-corrected chi connectivity index (χ1v) is 34.4. The summed E-state index contributed by atoms with van der Waals surface area (Å²) in [4.78, 5) is 21.9. The lowest BCUT2D eigenvalue weighted by Crippen LogP contribution is -2.27. The SMILES string of the molecule is CCCCCCCCCCCCCCCCC1(CCCCCCCCCC)c2ccccc2-c2cccc(C3=C4C=CC(=N4)C=C4C=CC(=N4)C=C4N=C(C=C5C=CC3=N5)C=C4c3cccc4c3C(C)(CCCCCCCC)c3ccccc3-4)c21. The normalized spacial score (nSPS) is 19.3. The molecule has 442 valence electrons. The third-order valence-corrected chi connectivity index (χ3v) is 19.9. The van der Waals surface area contributed by atoms with E-state index < -0.39 is 0 Å². The third-order valence-electron chi connectivity index (χ3n) is 19.9. The van der Waals surface area contributed by atoms with Crippen LogP contribution in [0.25, 0.3) is 33.4 Å². The van der Waals surface area contributed by atoms with E-state index in [0.29, 0.717) is 0 Å². The van der Waals surface area contributed by atoms with Gasteiger partial charge in [0.25, 0.3) is 0 Å². The first-order valence-electron chi connectivity index (χ1n) is 34.4. The van der Waals surface area contributed by atoms with Crippen LogP contribution in [0.15, 0.2) is 188 Å². The number of nitrogens with zero attached hydrogens (tertiary/aromatic N) is 4. The quantitative estimate of drug-likeness (QED) is 0.0427. The zero-order chi connectivity index (χ0) is 58.3. The third kappa shape index (κ3) is 13.7. The second-order valence-corrected chi connectivity index (χ2v) is 26.1. The van der Waals surface area contributed by atoms with Crippen molar-refractivity contribution in [1.82, 2.24) is 0 Å². The van der Waals surface area contributed by atoms with E-state index in [1.807, 2.05) is 0 Å². The second kappa shape index (κ2) is 29.2. The van der Waals surface area contributed by atoms with Gasteiger partial charge in [0.05, 0.1) is 45.6 Å². The minimum absolute atomic E-state index is 0.116. The van der Waals surface area contributed by atoms with Crippen molar-refractivity contribution in [2.45, 2.75) is 238 Å². The number of benzene rings is 4. The molecule has 0 saturated heterocycles. The summed E-state index contributed by atoms with van der Waals surface area (Å²) in [5, 5.41) is 0. The Kier molecular flexibility index (Phi) is 20.7. The maximum absolute atomic E-state index is 5.62. The number of aliphatic imine (C=N–C) groups is 4. The van der Waals surface area contributed by atoms with E-state index in [2.05, 4.69) is 173 Å². The van der Waals surface area contributed by atoms with Gasteiger partial charge in [-0.25, -0.2) is 20.0 Å². The topological polar surface area (TPSA) is 49.4 Å². The largest absolute Gasteiger partial charge is 0.249 e. The fourth-order valence-electron chi connectivity index (χ4n) is 15.5. The Morgan fingerprint density at radius 3 is 1.41 bits per heavy atom. The molecule has 0 spiro atoms. The predicted octanol–water partition coefficient (Wildman–Crippen LogP) is 23.3. The van der Waals surface area contributed by atoms with Gasteiger partial charge in [-0.3, -0.25) is 0 Å². The summed E-state index contributed by atoms with van der Waals surface area (Å²) < 4.78 is 0. The van der Waals surface area contributed by atoms with Crippen LogP contribution < -0.4 is 0 Å². The molecule has 8 bridgehead atoms. The van der Waals surface area contributed by atoms with Crippen LogP contribution in [0.4, 0.5) is 0 Å². The highest BCUT2D eigenvalue weighted by Crippen LogP contribution is 2.58. The molecule has 85 heavy (non-hydrogen) atoms. The van der Waals surface area contributed by atoms with E-state index in [0.717, 1.165) is 76.0 Å². The van der Waals surface area contributed by atoms with E-state index in [-0.39, 0.29) is 10.8 Å². The molecule has 2 aliphatic carbocycles. The standard InChI is InChI=1S/C81H98N4/c1-5-8-11-14-17-19-20-21-22-23-24-26-29-36-55-81(54-35-28-25-18-15-12-9-6-2)73-46-33-31-40-66(73)68-42-38-44-70(79(68)81)77-74-51-49-61(83-74)56-60-47-48-63(82-60)59-76-71(58-64(85-76)57-62-50-52-75(77)84-62)69-43-37-41-67-65-39-30-32-45-72(65)80(4,78(67)69)53-34-27-16-13-10-7-3/h30-33,37-52,56-59H,5-29,34-36,53-55H2,1-4H3. The van der Waals surface area contributed by atoms with Gasteiger partial charge in [0.15, 0.2) is 0 Å². The summed E-state index contributed by atoms with van der Waals surface area (Å²) in [6, 6.07) is 32.8. The van der Waals surface area contributed by atoms with Crippen LogP contribution in [0.3, 0.4) is 0 Å². The summed E-state index contributed by atoms with van der Waals surface area (Å²) in [6.45, 7) is 9.45. The molecule has 0 N–H and O–H groups in total. The van der Waals surface area contributed by atoms with Crippen molar-refractivity contribution >= 4 is 34.0 Å². The molecule has 7 aliphatic rings. The highest BCUT2D eigenvalue weighted by molar-refractivity contribution is 6.33. The fraction of sp³-hybridized carbons (Fsp3) is 0.457. The van der Waals surface area contributed by atoms with Crippen molar-refractivity contribution in [3.63, 3.8) is 0 Å². The van der Waals surface area contributed by atoms with Gasteiger partial charge in [-0.1, -0.05) is 292 Å². The highest BCUT2D eigenvalue weighted by atomic mass is 14.9. The van der Waals surface area contributed by atoms with Gasteiger partial charge in [0, 0.05) is 22.0 Å². The Morgan fingerprint density at radius 2 is 0.788 bits per heavy atom. The van der Waals surface area contributed by atoms with E-state index in [1.54, 1.807) is 0 Å². The van der Waals surface area contributed by atoms with Crippen molar-refractivity contribution in [3.05, 3.63) is 202 Å². The Balaban J connectivity index is 0.931. The first-order chi connectivity index (χ1) is 41.9. The van der Waals surface area contributed by atoms with E-state index in [1.165, 1.54) is 235 Å². The molecule has 11 rings (SSSR count). The molecule has 4 aromatic carbocycles. The number of allylic oxidation sites excluding steroid dienone is 12. The molecular weight excluding hydrogens is 1030 g/mol. The molecule has 4 aromatic rings. The number of fused-ring (bicyclic) bond motifs is 10. The van der Waals surface area contributed by atoms with Gasteiger partial charge in [-0.2, -0.15) is 0 Å². The first kappa shape index (κ1) is 60.2. The molecule has 2 atom stereocenters. The van der Waals surface area contributed by atoms with Crippen LogP contribution in [-0.4, -0.2) is 22.8 Å². The molecule has 4 nitrogen and oxygen atoms in total. The predicted molar refractivity (Wildman–Crippen MR) is 367 cm³/mol. The summed E-state index contributed by atoms with van der Waals surface area (Å²) in [5.41, 5.74) is 23.3. The van der Waals surface area contributed by atoms with Crippen LogP contribution in [0.2, 0.25) is 0 Å². The van der Waals surface area contributed by atoms with Gasteiger partial charge in [0.2, 0.25) is 0 Å². The molecule has 2 unspecified atom stereocenters. The lowest BCUT2D eigenvalue weighted by molar-refractivity contribution is 0.396. The number of hydrogen-bond donors (Lipinski definition) is 0. The number of rotatable bonds is 33. The summed E-state index contributed by atoms with van der Waals surface area (Å²) in [7, 11) is 0. The van der Waals surface area contributed by atoms with E-state index in [4.69, 9.17) is 20.0 Å². The molecule has 4 heteroatoms. The van der Waals surface area contributed by atoms with Gasteiger partial charge in [-0.05, 0) is 136 Å². The van der Waals surface area contributed by atoms with Crippen molar-refractivity contribution < 1.29 is 0 Å². The Morgan fingerprint density at radius 1 is 0.329 bits per heavy atom. The summed E-state index contributed by atoms with van der Waals surface area (Å²) >= 11 is 0. The average molecular weight is 1130 g/mol. The number of unbranched alkanes of at least 4 members (excludes halogenated alkanes) is 25. The van der Waals surface area contributed by atoms with Crippen molar-refractivity contribution in [3.8, 4) is 22.3 Å². The molecule has 5 heterocycles. The van der Waals surface area contributed by atoms with Gasteiger partial charge < -0.3 is 0 Å². The molecule has 0 aromatic heterocycles. The Labute approximate surface area is 512 Å². The highest BCUT2D eigenvalue weighted by Gasteiger charge is 2.45. The Bertz CT molecular complexity index is 3420. The maximum Gasteiger partial charge on any atom is 0.0737 e. The van der Waals surface area contributed by atoms with Crippen LogP contribution in [-0.2, 0) is 10.8 Å². The van der Waals surface area contributed by atoms with Crippen molar-refractivity contribution in [2.75, 3.05) is 0 Å². The zero-order valence-electron chi connectivity index (χ0n) is 52.6. The van der Waals surface area contributed by atoms with E-state index in [9.17, 15) is 0 Å². The number of hydrogen-bond acceptors (Lipinski definition) is 4. The monoisotopic (exact) mass is 1130 g/mol. The molecule has 0 fully saturated rings. The molecule has 0 radical (unpaired) electrons. The van der Waals surface area contributed by atoms with Crippen LogP contribution in [0, 0.1) is 0 Å². The minimum Gasteiger partial charge on any atom is -0.249 e. The lowest BCUT2D eigenvalue weighted by Gasteiger charge is -2.35. The van der Waals surface area contributed by atoms with Crippen LogP contribution >= 0.6 is 0 Å². The maximum atomic E-state index is 5.62. The molecule has 0 amide bonds. The van der Waals surface area contributed by atoms with Crippen molar-refractivity contribution in [2.24, 2.45) is 20.0 Å².